The molecule has 1 aliphatic heterocycles. The molecule has 0 aromatic carbocycles. The summed E-state index contributed by atoms with van der Waals surface area (Å²) in [4.78, 5) is 4.29. The van der Waals surface area contributed by atoms with E-state index in [9.17, 15) is 0 Å². The normalized spacial score (nSPS) is 18.6. The third kappa shape index (κ3) is 2.59. The Balaban J connectivity index is 2.09. The zero-order valence-corrected chi connectivity index (χ0v) is 9.74. The lowest BCUT2D eigenvalue weighted by atomic mass is 10.0. The summed E-state index contributed by atoms with van der Waals surface area (Å²) in [6, 6.07) is 0.669. The van der Waals surface area contributed by atoms with Gasteiger partial charge in [0.25, 0.3) is 0 Å². The van der Waals surface area contributed by atoms with Gasteiger partial charge in [-0.2, -0.15) is 0 Å². The quantitative estimate of drug-likeness (QED) is 0.821. The number of hydrogen-bond donors (Lipinski definition) is 1. The molecule has 1 aromatic rings. The first kappa shape index (κ1) is 10.7. The van der Waals surface area contributed by atoms with Gasteiger partial charge in [-0.05, 0) is 38.3 Å². The van der Waals surface area contributed by atoms with Gasteiger partial charge in [-0.1, -0.05) is 13.8 Å². The topological polar surface area (TPSA) is 29.9 Å². The van der Waals surface area contributed by atoms with Crippen LogP contribution in [-0.4, -0.2) is 22.6 Å². The molecule has 0 spiro atoms. The highest BCUT2D eigenvalue weighted by Gasteiger charge is 2.17. The predicted octanol–water partition coefficient (Wildman–Crippen LogP) is 2.01. The van der Waals surface area contributed by atoms with E-state index in [-0.39, 0.29) is 0 Å². The molecule has 3 heteroatoms. The second-order valence-corrected chi connectivity index (χ2v) is 4.87. The van der Waals surface area contributed by atoms with Crippen molar-refractivity contribution in [3.05, 3.63) is 18.2 Å². The van der Waals surface area contributed by atoms with E-state index in [1.807, 2.05) is 12.5 Å². The molecule has 0 saturated carbocycles. The number of hydrogen-bond acceptors (Lipinski definition) is 2. The lowest BCUT2D eigenvalue weighted by Gasteiger charge is -2.26. The van der Waals surface area contributed by atoms with E-state index in [2.05, 4.69) is 28.7 Å². The van der Waals surface area contributed by atoms with E-state index in [1.165, 1.54) is 18.5 Å². The Labute approximate surface area is 91.9 Å². The van der Waals surface area contributed by atoms with Crippen molar-refractivity contribution in [2.24, 2.45) is 5.92 Å². The third-order valence-electron chi connectivity index (χ3n) is 3.07. The van der Waals surface area contributed by atoms with Gasteiger partial charge in [0.05, 0.1) is 6.33 Å². The molecule has 0 aliphatic carbocycles. The van der Waals surface area contributed by atoms with Crippen LogP contribution in [0.25, 0.3) is 0 Å². The van der Waals surface area contributed by atoms with Crippen molar-refractivity contribution in [1.29, 1.82) is 0 Å². The van der Waals surface area contributed by atoms with E-state index in [1.54, 1.807) is 0 Å². The summed E-state index contributed by atoms with van der Waals surface area (Å²) in [5.41, 5.74) is 1.40. The molecule has 3 nitrogen and oxygen atoms in total. The molecule has 0 radical (unpaired) electrons. The van der Waals surface area contributed by atoms with Gasteiger partial charge < -0.3 is 9.88 Å². The van der Waals surface area contributed by atoms with Crippen molar-refractivity contribution in [2.75, 3.05) is 13.1 Å². The van der Waals surface area contributed by atoms with Gasteiger partial charge in [0.2, 0.25) is 0 Å². The minimum atomic E-state index is 0.669. The van der Waals surface area contributed by atoms with Crippen molar-refractivity contribution < 1.29 is 0 Å². The Bertz CT molecular complexity index is 298. The van der Waals surface area contributed by atoms with Crippen LogP contribution in [0.2, 0.25) is 0 Å². The van der Waals surface area contributed by atoms with Gasteiger partial charge in [0, 0.05) is 17.9 Å². The third-order valence-corrected chi connectivity index (χ3v) is 3.07. The minimum Gasteiger partial charge on any atom is -0.331 e. The Morgan fingerprint density at radius 3 is 2.87 bits per heavy atom. The number of rotatable bonds is 3. The molecular weight excluding hydrogens is 186 g/mol. The average molecular weight is 207 g/mol. The van der Waals surface area contributed by atoms with E-state index in [4.69, 9.17) is 0 Å². The van der Waals surface area contributed by atoms with Gasteiger partial charge in [-0.25, -0.2) is 4.98 Å². The molecule has 2 heterocycles. The molecule has 15 heavy (non-hydrogen) atoms. The van der Waals surface area contributed by atoms with Gasteiger partial charge in [0.1, 0.15) is 0 Å². The number of piperidine rings is 1. The Kier molecular flexibility index (Phi) is 3.41. The van der Waals surface area contributed by atoms with Crippen LogP contribution in [-0.2, 0) is 6.42 Å². The standard InChI is InChI=1S/C12H21N3/c1-10(2)7-12-8-14-9-15(12)11-3-5-13-6-4-11/h8-11,13H,3-7H2,1-2H3. The zero-order chi connectivity index (χ0) is 10.7. The molecule has 2 rings (SSSR count). The van der Waals surface area contributed by atoms with Crippen LogP contribution in [0.15, 0.2) is 12.5 Å². The predicted molar refractivity (Wildman–Crippen MR) is 61.9 cm³/mol. The summed E-state index contributed by atoms with van der Waals surface area (Å²) < 4.78 is 2.39. The maximum Gasteiger partial charge on any atom is 0.0950 e. The van der Waals surface area contributed by atoms with E-state index < -0.39 is 0 Å². The van der Waals surface area contributed by atoms with Gasteiger partial charge in [-0.15, -0.1) is 0 Å². The number of imidazole rings is 1. The molecule has 0 unspecified atom stereocenters. The molecule has 0 bridgehead atoms. The number of aromatic nitrogens is 2. The number of nitrogens with one attached hydrogen (secondary N) is 1. The van der Waals surface area contributed by atoms with E-state index in [0.717, 1.165) is 19.5 Å². The Morgan fingerprint density at radius 1 is 1.47 bits per heavy atom. The highest BCUT2D eigenvalue weighted by Crippen LogP contribution is 2.21. The van der Waals surface area contributed by atoms with Crippen LogP contribution < -0.4 is 5.32 Å². The largest absolute Gasteiger partial charge is 0.331 e. The second kappa shape index (κ2) is 4.79. The van der Waals surface area contributed by atoms with Gasteiger partial charge >= 0.3 is 0 Å². The maximum absolute atomic E-state index is 4.29. The Hall–Kier alpha value is -0.830. The molecule has 0 atom stereocenters. The fourth-order valence-corrected chi connectivity index (χ4v) is 2.32. The summed E-state index contributed by atoms with van der Waals surface area (Å²) in [7, 11) is 0. The first-order valence-electron chi connectivity index (χ1n) is 5.99. The summed E-state index contributed by atoms with van der Waals surface area (Å²) in [6.07, 6.45) is 7.66. The first-order valence-corrected chi connectivity index (χ1v) is 5.99. The minimum absolute atomic E-state index is 0.669. The lowest BCUT2D eigenvalue weighted by Crippen LogP contribution is -2.29. The zero-order valence-electron chi connectivity index (χ0n) is 9.74. The van der Waals surface area contributed by atoms with Crippen LogP contribution in [0.3, 0.4) is 0 Å². The second-order valence-electron chi connectivity index (χ2n) is 4.87. The molecule has 1 aromatic heterocycles. The SMILES string of the molecule is CC(C)Cc1cncn1C1CCNCC1. The van der Waals surface area contributed by atoms with Crippen LogP contribution in [0.1, 0.15) is 38.4 Å². The summed E-state index contributed by atoms with van der Waals surface area (Å²) in [5.74, 6) is 0.710. The van der Waals surface area contributed by atoms with Crippen LogP contribution in [0, 0.1) is 5.92 Å². The van der Waals surface area contributed by atoms with Crippen LogP contribution >= 0.6 is 0 Å². The molecule has 1 aliphatic rings. The molecule has 84 valence electrons. The molecule has 1 N–H and O–H groups in total. The average Bonchev–Trinajstić information content (AvgIpc) is 2.66. The Morgan fingerprint density at radius 2 is 2.20 bits per heavy atom. The van der Waals surface area contributed by atoms with Crippen LogP contribution in [0.5, 0.6) is 0 Å². The molecule has 0 amide bonds. The monoisotopic (exact) mass is 207 g/mol. The maximum atomic E-state index is 4.29. The summed E-state index contributed by atoms with van der Waals surface area (Å²) in [5, 5.41) is 3.40. The van der Waals surface area contributed by atoms with Crippen molar-refractivity contribution in [3.8, 4) is 0 Å². The summed E-state index contributed by atoms with van der Waals surface area (Å²) in [6.45, 7) is 6.81. The molecule has 1 saturated heterocycles. The van der Waals surface area contributed by atoms with Crippen molar-refractivity contribution >= 4 is 0 Å². The smallest absolute Gasteiger partial charge is 0.0950 e. The van der Waals surface area contributed by atoms with E-state index >= 15 is 0 Å². The van der Waals surface area contributed by atoms with Crippen molar-refractivity contribution in [3.63, 3.8) is 0 Å². The van der Waals surface area contributed by atoms with E-state index in [0.29, 0.717) is 12.0 Å². The molecular formula is C12H21N3. The van der Waals surface area contributed by atoms with Crippen molar-refractivity contribution in [1.82, 2.24) is 14.9 Å². The highest BCUT2D eigenvalue weighted by atomic mass is 15.1. The highest BCUT2D eigenvalue weighted by molar-refractivity contribution is 5.02. The molecule has 1 fully saturated rings. The fourth-order valence-electron chi connectivity index (χ4n) is 2.32. The van der Waals surface area contributed by atoms with Crippen LogP contribution in [0.4, 0.5) is 0 Å². The van der Waals surface area contributed by atoms with Crippen molar-refractivity contribution in [2.45, 2.75) is 39.2 Å². The first-order chi connectivity index (χ1) is 7.27. The summed E-state index contributed by atoms with van der Waals surface area (Å²) >= 11 is 0. The number of nitrogens with zero attached hydrogens (tertiary/aromatic N) is 2. The van der Waals surface area contributed by atoms with Gasteiger partial charge in [0.15, 0.2) is 0 Å². The lowest BCUT2D eigenvalue weighted by molar-refractivity contribution is 0.358. The fraction of sp³-hybridized carbons (Fsp3) is 0.750. The van der Waals surface area contributed by atoms with Gasteiger partial charge in [-0.3, -0.25) is 0 Å².